The Hall–Kier alpha value is -6.75. The van der Waals surface area contributed by atoms with E-state index < -0.39 is 34.5 Å². The topological polar surface area (TPSA) is 234 Å². The van der Waals surface area contributed by atoms with Crippen LogP contribution in [0.1, 0.15) is 61.6 Å². The molecule has 0 aliphatic carbocycles. The van der Waals surface area contributed by atoms with Crippen LogP contribution in [0.4, 0.5) is 30.5 Å². The molecule has 0 bridgehead atoms. The Morgan fingerprint density at radius 1 is 0.704 bits per heavy atom. The van der Waals surface area contributed by atoms with E-state index in [4.69, 9.17) is 28.8 Å². The minimum absolute atomic E-state index is 0.0246. The van der Waals surface area contributed by atoms with Gasteiger partial charge in [0.05, 0.1) is 32.7 Å². The molecule has 0 saturated carbocycles. The van der Waals surface area contributed by atoms with Crippen LogP contribution in [-0.2, 0) is 19.3 Å². The molecule has 0 radical (unpaired) electrons. The Morgan fingerprint density at radius 3 is 1.81 bits per heavy atom. The van der Waals surface area contributed by atoms with Gasteiger partial charge in [-0.05, 0) is 64.8 Å². The molecule has 18 heteroatoms. The predicted molar refractivity (Wildman–Crippen MR) is 199 cm³/mol. The number of alkyl halides is 3. The maximum Gasteiger partial charge on any atom is 0.417 e. The number of anilines is 2. The summed E-state index contributed by atoms with van der Waals surface area (Å²) in [4.78, 5) is 61.5. The third-order valence-corrected chi connectivity index (χ3v) is 7.85. The van der Waals surface area contributed by atoms with Crippen molar-refractivity contribution >= 4 is 68.5 Å². The smallest absolute Gasteiger partial charge is 0.366 e. The number of fused-ring (bicyclic) bond motifs is 2. The number of carbonyl (C=O) groups excluding carboxylic acids is 3. The molecule has 6 aromatic rings. The van der Waals surface area contributed by atoms with Crippen molar-refractivity contribution < 1.29 is 27.6 Å². The first-order chi connectivity index (χ1) is 25.8. The van der Waals surface area contributed by atoms with E-state index in [1.807, 2.05) is 32.0 Å². The lowest BCUT2D eigenvalue weighted by atomic mass is 10.1. The number of para-hydroxylation sites is 1. The van der Waals surface area contributed by atoms with Gasteiger partial charge in [-0.2, -0.15) is 13.2 Å². The van der Waals surface area contributed by atoms with Crippen molar-refractivity contribution in [3.8, 4) is 0 Å². The number of amides is 3. The summed E-state index contributed by atoms with van der Waals surface area (Å²) in [6, 6.07) is 18.2. The molecule has 0 fully saturated rings. The molecule has 0 aliphatic heterocycles. The zero-order valence-electron chi connectivity index (χ0n) is 28.6. The lowest BCUT2D eigenvalue weighted by molar-refractivity contribution is -0.137. The number of hydrogen-bond acceptors (Lipinski definition) is 11. The molecule has 14 nitrogen and oxygen atoms in total. The molecule has 0 unspecified atom stereocenters. The van der Waals surface area contributed by atoms with Crippen LogP contribution in [0.5, 0.6) is 0 Å². The number of hydrogen-bond donors (Lipinski definition) is 5. The summed E-state index contributed by atoms with van der Waals surface area (Å²) in [5.41, 5.74) is 17.6. The molecule has 54 heavy (non-hydrogen) atoms. The molecule has 2 heterocycles. The van der Waals surface area contributed by atoms with E-state index in [-0.39, 0.29) is 34.5 Å². The number of nitrogens with zero attached hydrogens (tertiary/aromatic N) is 5. The third-order valence-electron chi connectivity index (χ3n) is 7.52. The van der Waals surface area contributed by atoms with Crippen molar-refractivity contribution in [2.45, 2.75) is 33.1 Å². The van der Waals surface area contributed by atoms with Gasteiger partial charge in [0, 0.05) is 29.4 Å². The standard InChI is InChI=1S/C17H11ClF3N5O2.C17H15N5O2.C2H6/c18-13-2-1-8(3-12(13)17(19,20)21)6-23-16-11-5-9(26-28)4-10(15(22)27)14(11)24-7-25-16;18-15(23)11-6-4-10(5-7-11)8-20-17-13-3-1-2-12(16(19)24)14(13)21-9-22-17;1-2/h1-5,7H,6H2,(H2,22,27)(H,23,24,25);1-7,9H,8H2,(H2,18,23)(H2,19,24)(H,20,21,22);1-2H3. The van der Waals surface area contributed by atoms with Crippen LogP contribution in [0.3, 0.4) is 0 Å². The molecule has 4 aromatic carbocycles. The lowest BCUT2D eigenvalue weighted by Gasteiger charge is -2.13. The summed E-state index contributed by atoms with van der Waals surface area (Å²) in [6.45, 7) is 4.46. The Balaban J connectivity index is 0.000000233. The maximum absolute atomic E-state index is 13.0. The van der Waals surface area contributed by atoms with Crippen molar-refractivity contribution in [1.82, 2.24) is 19.9 Å². The summed E-state index contributed by atoms with van der Waals surface area (Å²) in [7, 11) is 0. The van der Waals surface area contributed by atoms with Crippen LogP contribution in [0, 0.1) is 4.91 Å². The molecule has 8 N–H and O–H groups in total. The molecule has 0 atom stereocenters. The largest absolute Gasteiger partial charge is 0.417 e. The summed E-state index contributed by atoms with van der Waals surface area (Å²) < 4.78 is 39.0. The maximum atomic E-state index is 13.0. The molecule has 3 amide bonds. The Kier molecular flexibility index (Phi) is 13.1. The summed E-state index contributed by atoms with van der Waals surface area (Å²) in [5, 5.41) is 9.43. The Morgan fingerprint density at radius 2 is 1.26 bits per heavy atom. The van der Waals surface area contributed by atoms with Gasteiger partial charge in [0.1, 0.15) is 30.0 Å². The van der Waals surface area contributed by atoms with Crippen molar-refractivity contribution in [2.75, 3.05) is 10.6 Å². The van der Waals surface area contributed by atoms with Crippen LogP contribution in [0.2, 0.25) is 5.02 Å². The number of aromatic nitrogens is 4. The van der Waals surface area contributed by atoms with Crippen LogP contribution in [-0.4, -0.2) is 37.7 Å². The molecule has 0 aliphatic rings. The van der Waals surface area contributed by atoms with E-state index >= 15 is 0 Å². The van der Waals surface area contributed by atoms with E-state index in [9.17, 15) is 32.5 Å². The first-order valence-electron chi connectivity index (χ1n) is 15.9. The van der Waals surface area contributed by atoms with Gasteiger partial charge in [0.15, 0.2) is 0 Å². The zero-order chi connectivity index (χ0) is 39.6. The average Bonchev–Trinajstić information content (AvgIpc) is 3.16. The van der Waals surface area contributed by atoms with Gasteiger partial charge in [-0.1, -0.05) is 49.7 Å². The number of carbonyl (C=O) groups is 3. The number of halogens is 4. The second-order valence-corrected chi connectivity index (χ2v) is 11.3. The highest BCUT2D eigenvalue weighted by Gasteiger charge is 2.33. The monoisotopic (exact) mass is 760 g/mol. The second-order valence-electron chi connectivity index (χ2n) is 10.9. The fraction of sp³-hybridized carbons (Fsp3) is 0.139. The fourth-order valence-electron chi connectivity index (χ4n) is 5.02. The minimum atomic E-state index is -4.59. The van der Waals surface area contributed by atoms with E-state index in [1.165, 1.54) is 24.5 Å². The van der Waals surface area contributed by atoms with Gasteiger partial charge in [-0.25, -0.2) is 19.9 Å². The van der Waals surface area contributed by atoms with E-state index in [0.717, 1.165) is 24.0 Å². The van der Waals surface area contributed by atoms with Gasteiger partial charge >= 0.3 is 6.18 Å². The van der Waals surface area contributed by atoms with Crippen molar-refractivity contribution in [3.05, 3.63) is 129 Å². The summed E-state index contributed by atoms with van der Waals surface area (Å²) in [5.74, 6) is -1.01. The number of nitrogens with two attached hydrogens (primary N) is 3. The van der Waals surface area contributed by atoms with Gasteiger partial charge in [0.25, 0.3) is 11.8 Å². The minimum Gasteiger partial charge on any atom is -0.366 e. The van der Waals surface area contributed by atoms with Gasteiger partial charge in [-0.15, -0.1) is 4.91 Å². The van der Waals surface area contributed by atoms with Crippen molar-refractivity contribution in [1.29, 1.82) is 0 Å². The Bertz CT molecular complexity index is 2340. The predicted octanol–water partition coefficient (Wildman–Crippen LogP) is 6.88. The SMILES string of the molecule is CC.NC(=O)c1cc(N=O)cc2c(NCc3ccc(Cl)c(C(F)(F)F)c3)ncnc12.NC(=O)c1ccc(CNc2ncnc3c(C(N)=O)cccc23)cc1. The van der Waals surface area contributed by atoms with Crippen molar-refractivity contribution in [2.24, 2.45) is 22.4 Å². The number of nitroso groups, excluding NO2 is 1. The third kappa shape index (κ3) is 9.56. The molecule has 2 aromatic heterocycles. The van der Waals surface area contributed by atoms with Gasteiger partial charge in [-0.3, -0.25) is 14.4 Å². The molecule has 6 rings (SSSR count). The number of benzene rings is 4. The quantitative estimate of drug-likeness (QED) is 0.0908. The van der Waals surface area contributed by atoms with Crippen LogP contribution < -0.4 is 27.8 Å². The van der Waals surface area contributed by atoms with Gasteiger partial charge < -0.3 is 27.8 Å². The highest BCUT2D eigenvalue weighted by Crippen LogP contribution is 2.35. The lowest BCUT2D eigenvalue weighted by Crippen LogP contribution is -2.13. The molecule has 278 valence electrons. The van der Waals surface area contributed by atoms with E-state index in [0.29, 0.717) is 40.0 Å². The molecular formula is C36H32ClF3N10O4. The second kappa shape index (κ2) is 17.6. The van der Waals surface area contributed by atoms with Crippen LogP contribution in [0.15, 0.2) is 90.6 Å². The van der Waals surface area contributed by atoms with Crippen LogP contribution >= 0.6 is 11.6 Å². The summed E-state index contributed by atoms with van der Waals surface area (Å²) >= 11 is 5.61. The zero-order valence-corrected chi connectivity index (χ0v) is 29.4. The number of primary amides is 3. The highest BCUT2D eigenvalue weighted by molar-refractivity contribution is 6.31. The van der Waals surface area contributed by atoms with E-state index in [1.54, 1.807) is 24.3 Å². The first kappa shape index (κ1) is 40.0. The molecule has 0 saturated heterocycles. The average molecular weight is 761 g/mol. The highest BCUT2D eigenvalue weighted by atomic mass is 35.5. The van der Waals surface area contributed by atoms with E-state index in [2.05, 4.69) is 35.7 Å². The van der Waals surface area contributed by atoms with Gasteiger partial charge in [0.2, 0.25) is 5.91 Å². The summed E-state index contributed by atoms with van der Waals surface area (Å²) in [6.07, 6.45) is -2.04. The van der Waals surface area contributed by atoms with Crippen LogP contribution in [0.25, 0.3) is 21.8 Å². The Labute approximate surface area is 310 Å². The van der Waals surface area contributed by atoms with Crippen molar-refractivity contribution in [3.63, 3.8) is 0 Å². The normalized spacial score (nSPS) is 10.7. The first-order valence-corrected chi connectivity index (χ1v) is 16.3. The number of nitrogens with one attached hydrogen (secondary N) is 2. The molecular weight excluding hydrogens is 729 g/mol. The number of rotatable bonds is 10. The molecule has 0 spiro atoms. The fourth-order valence-corrected chi connectivity index (χ4v) is 5.24.